The van der Waals surface area contributed by atoms with Crippen molar-refractivity contribution in [3.63, 3.8) is 0 Å². The summed E-state index contributed by atoms with van der Waals surface area (Å²) in [4.78, 5) is 15.9. The van der Waals surface area contributed by atoms with Crippen molar-refractivity contribution >= 4 is 16.7 Å². The Morgan fingerprint density at radius 2 is 1.78 bits per heavy atom. The maximum Gasteiger partial charge on any atom is 0.195 e. The molecule has 0 amide bonds. The number of benzene rings is 2. The Morgan fingerprint density at radius 1 is 1.00 bits per heavy atom. The van der Waals surface area contributed by atoms with Crippen LogP contribution in [0.5, 0.6) is 5.75 Å². The van der Waals surface area contributed by atoms with Crippen molar-refractivity contribution in [1.29, 1.82) is 0 Å². The fourth-order valence-electron chi connectivity index (χ4n) is 5.05. The van der Waals surface area contributed by atoms with E-state index in [9.17, 15) is 4.79 Å². The Bertz CT molecular complexity index is 1020. The number of hydrogen-bond donors (Lipinski definition) is 0. The molecule has 2 aromatic carbocycles. The average molecular weight is 433 g/mol. The Balaban J connectivity index is 1.46. The highest BCUT2D eigenvalue weighted by atomic mass is 16.5. The zero-order valence-electron chi connectivity index (χ0n) is 19.6. The SMILES string of the molecule is CCCCC1CCN(CCCn2cc(C(=O)c3ccccc3)c3cccc(OC)c32)CC1. The molecule has 0 N–H and O–H groups in total. The first-order valence-corrected chi connectivity index (χ1v) is 12.2. The molecule has 32 heavy (non-hydrogen) atoms. The van der Waals surface area contributed by atoms with Gasteiger partial charge in [0.05, 0.1) is 12.6 Å². The summed E-state index contributed by atoms with van der Waals surface area (Å²) in [6, 6.07) is 15.5. The third-order valence-electron chi connectivity index (χ3n) is 6.91. The van der Waals surface area contributed by atoms with Crippen molar-refractivity contribution < 1.29 is 9.53 Å². The molecule has 0 radical (unpaired) electrons. The van der Waals surface area contributed by atoms with Crippen LogP contribution in [-0.2, 0) is 6.54 Å². The number of unbranched alkanes of at least 4 members (excludes halogenated alkanes) is 1. The molecule has 0 unspecified atom stereocenters. The fraction of sp³-hybridized carbons (Fsp3) is 0.464. The lowest BCUT2D eigenvalue weighted by molar-refractivity contribution is 0.104. The van der Waals surface area contributed by atoms with Crippen LogP contribution in [0.15, 0.2) is 54.7 Å². The zero-order valence-corrected chi connectivity index (χ0v) is 19.6. The summed E-state index contributed by atoms with van der Waals surface area (Å²) in [5, 5.41) is 0.968. The molecular formula is C28H36N2O2. The van der Waals surface area contributed by atoms with Crippen LogP contribution in [0, 0.1) is 5.92 Å². The van der Waals surface area contributed by atoms with Crippen LogP contribution in [0.25, 0.3) is 10.9 Å². The molecule has 0 atom stereocenters. The third kappa shape index (κ3) is 5.07. The van der Waals surface area contributed by atoms with Crippen LogP contribution in [0.3, 0.4) is 0 Å². The Labute approximate surface area is 192 Å². The molecule has 0 aliphatic carbocycles. The highest BCUT2D eigenvalue weighted by Gasteiger charge is 2.20. The van der Waals surface area contributed by atoms with Gasteiger partial charge in [0.15, 0.2) is 5.78 Å². The van der Waals surface area contributed by atoms with Gasteiger partial charge in [-0.05, 0) is 50.9 Å². The molecule has 170 valence electrons. The lowest BCUT2D eigenvalue weighted by Crippen LogP contribution is -2.34. The highest BCUT2D eigenvalue weighted by Crippen LogP contribution is 2.31. The first-order chi connectivity index (χ1) is 15.7. The monoisotopic (exact) mass is 432 g/mol. The van der Waals surface area contributed by atoms with Crippen molar-refractivity contribution in [2.45, 2.75) is 52.0 Å². The van der Waals surface area contributed by atoms with Gasteiger partial charge in [0, 0.05) is 29.3 Å². The lowest BCUT2D eigenvalue weighted by Gasteiger charge is -2.32. The number of rotatable bonds is 10. The normalized spacial score (nSPS) is 15.3. The van der Waals surface area contributed by atoms with Crippen molar-refractivity contribution in [3.8, 4) is 5.75 Å². The fourth-order valence-corrected chi connectivity index (χ4v) is 5.05. The van der Waals surface area contributed by atoms with Crippen molar-refractivity contribution in [2.75, 3.05) is 26.7 Å². The van der Waals surface area contributed by atoms with Gasteiger partial charge >= 0.3 is 0 Å². The average Bonchev–Trinajstić information content (AvgIpc) is 3.22. The minimum atomic E-state index is 0.0664. The number of carbonyl (C=O) groups is 1. The van der Waals surface area contributed by atoms with Gasteiger partial charge in [-0.2, -0.15) is 0 Å². The quantitative estimate of drug-likeness (QED) is 0.359. The molecule has 1 aromatic heterocycles. The van der Waals surface area contributed by atoms with Crippen molar-refractivity contribution in [3.05, 3.63) is 65.9 Å². The van der Waals surface area contributed by atoms with E-state index in [0.29, 0.717) is 0 Å². The van der Waals surface area contributed by atoms with Gasteiger partial charge < -0.3 is 14.2 Å². The van der Waals surface area contributed by atoms with Gasteiger partial charge in [-0.1, -0.05) is 68.7 Å². The zero-order chi connectivity index (χ0) is 22.3. The van der Waals surface area contributed by atoms with E-state index in [1.54, 1.807) is 7.11 Å². The maximum absolute atomic E-state index is 13.2. The van der Waals surface area contributed by atoms with E-state index >= 15 is 0 Å². The van der Waals surface area contributed by atoms with Crippen LogP contribution in [-0.4, -0.2) is 42.0 Å². The van der Waals surface area contributed by atoms with Gasteiger partial charge in [0.25, 0.3) is 0 Å². The van der Waals surface area contributed by atoms with Gasteiger partial charge in [-0.25, -0.2) is 0 Å². The molecule has 0 bridgehead atoms. The first kappa shape index (κ1) is 22.6. The molecule has 0 saturated carbocycles. The molecule has 4 rings (SSSR count). The van der Waals surface area contributed by atoms with Crippen LogP contribution >= 0.6 is 0 Å². The number of aryl methyl sites for hydroxylation is 1. The molecule has 0 spiro atoms. The van der Waals surface area contributed by atoms with Crippen LogP contribution < -0.4 is 4.74 Å². The second kappa shape index (κ2) is 10.8. The van der Waals surface area contributed by atoms with E-state index in [1.807, 2.05) is 54.7 Å². The molecule has 1 saturated heterocycles. The molecular weight excluding hydrogens is 396 g/mol. The molecule has 1 fully saturated rings. The third-order valence-corrected chi connectivity index (χ3v) is 6.91. The molecule has 1 aliphatic rings. The molecule has 1 aliphatic heterocycles. The number of nitrogens with zero attached hydrogens (tertiary/aromatic N) is 2. The number of aromatic nitrogens is 1. The number of hydrogen-bond acceptors (Lipinski definition) is 3. The minimum Gasteiger partial charge on any atom is -0.495 e. The summed E-state index contributed by atoms with van der Waals surface area (Å²) in [5.74, 6) is 1.82. The van der Waals surface area contributed by atoms with E-state index in [1.165, 1.54) is 45.2 Å². The lowest BCUT2D eigenvalue weighted by atomic mass is 9.91. The van der Waals surface area contributed by atoms with Crippen LogP contribution in [0.1, 0.15) is 61.4 Å². The number of piperidine rings is 1. The minimum absolute atomic E-state index is 0.0664. The maximum atomic E-state index is 13.2. The van der Waals surface area contributed by atoms with Gasteiger partial charge in [0.2, 0.25) is 0 Å². The predicted octanol–water partition coefficient (Wildman–Crippen LogP) is 6.17. The topological polar surface area (TPSA) is 34.5 Å². The van der Waals surface area contributed by atoms with Crippen LogP contribution in [0.2, 0.25) is 0 Å². The standard InChI is InChI=1S/C28H36N2O2/c1-3-4-10-22-15-19-29(20-16-22)17-9-18-30-21-25(28(31)23-11-6-5-7-12-23)24-13-8-14-26(32-2)27(24)30/h5-8,11-14,21-22H,3-4,9-10,15-20H2,1-2H3. The van der Waals surface area contributed by atoms with E-state index in [2.05, 4.69) is 16.4 Å². The largest absolute Gasteiger partial charge is 0.495 e. The number of ether oxygens (including phenoxy) is 1. The number of likely N-dealkylation sites (tertiary alicyclic amines) is 1. The summed E-state index contributed by atoms with van der Waals surface area (Å²) in [6.07, 6.45) is 9.87. The Kier molecular flexibility index (Phi) is 7.64. The molecule has 4 heteroatoms. The number of fused-ring (bicyclic) bond motifs is 1. The Hall–Kier alpha value is -2.59. The van der Waals surface area contributed by atoms with Gasteiger partial charge in [-0.15, -0.1) is 0 Å². The molecule has 4 nitrogen and oxygen atoms in total. The summed E-state index contributed by atoms with van der Waals surface area (Å²) in [7, 11) is 1.70. The summed E-state index contributed by atoms with van der Waals surface area (Å²) in [6.45, 7) is 6.73. The second-order valence-corrected chi connectivity index (χ2v) is 9.07. The van der Waals surface area contributed by atoms with E-state index in [4.69, 9.17) is 4.74 Å². The van der Waals surface area contributed by atoms with Gasteiger partial charge in [-0.3, -0.25) is 4.79 Å². The first-order valence-electron chi connectivity index (χ1n) is 12.2. The highest BCUT2D eigenvalue weighted by molar-refractivity contribution is 6.17. The summed E-state index contributed by atoms with van der Waals surface area (Å²) in [5.41, 5.74) is 2.50. The molecule has 3 aromatic rings. The number of methoxy groups -OCH3 is 1. The van der Waals surface area contributed by atoms with E-state index in [-0.39, 0.29) is 5.78 Å². The van der Waals surface area contributed by atoms with E-state index < -0.39 is 0 Å². The smallest absolute Gasteiger partial charge is 0.195 e. The predicted molar refractivity (Wildman–Crippen MR) is 132 cm³/mol. The molecule has 2 heterocycles. The Morgan fingerprint density at radius 3 is 2.50 bits per heavy atom. The summed E-state index contributed by atoms with van der Waals surface area (Å²) >= 11 is 0. The van der Waals surface area contributed by atoms with Crippen molar-refractivity contribution in [1.82, 2.24) is 9.47 Å². The van der Waals surface area contributed by atoms with E-state index in [0.717, 1.165) is 53.2 Å². The van der Waals surface area contributed by atoms with Crippen molar-refractivity contribution in [2.24, 2.45) is 5.92 Å². The number of carbonyl (C=O) groups excluding carboxylic acids is 1. The number of ketones is 1. The number of para-hydroxylation sites is 1. The van der Waals surface area contributed by atoms with Crippen LogP contribution in [0.4, 0.5) is 0 Å². The van der Waals surface area contributed by atoms with Gasteiger partial charge in [0.1, 0.15) is 5.75 Å². The summed E-state index contributed by atoms with van der Waals surface area (Å²) < 4.78 is 7.89. The second-order valence-electron chi connectivity index (χ2n) is 9.07.